The normalized spacial score (nSPS) is 19.0. The van der Waals surface area contributed by atoms with Crippen molar-refractivity contribution in [3.8, 4) is 0 Å². The van der Waals surface area contributed by atoms with Crippen LogP contribution >= 0.6 is 11.3 Å². The molecule has 0 radical (unpaired) electrons. The first-order chi connectivity index (χ1) is 7.81. The molecule has 2 nitrogen and oxygen atoms in total. The minimum Gasteiger partial charge on any atom is -0.309 e. The maximum atomic E-state index is 4.36. The average Bonchev–Trinajstić information content (AvgIpc) is 2.55. The number of nitrogens with one attached hydrogen (secondary N) is 1. The summed E-state index contributed by atoms with van der Waals surface area (Å²) in [5.41, 5.74) is 1.56. The van der Waals surface area contributed by atoms with Crippen LogP contribution in [-0.4, -0.2) is 12.0 Å². The summed E-state index contributed by atoms with van der Waals surface area (Å²) in [5, 5.41) is 4.59. The van der Waals surface area contributed by atoms with Gasteiger partial charge in [-0.15, -0.1) is 11.3 Å². The standard InChI is InChI=1S/C13H20N2S/c1-10-15-9-12(16-10)13(14-2)11-7-5-3-4-6-8-11/h7,9,13-14H,3-6,8H2,1-2H3. The molecule has 3 heteroatoms. The Morgan fingerprint density at radius 1 is 1.38 bits per heavy atom. The number of thiazole rings is 1. The zero-order valence-electron chi connectivity index (χ0n) is 10.1. The molecule has 1 atom stereocenters. The Balaban J connectivity index is 2.18. The van der Waals surface area contributed by atoms with Gasteiger partial charge in [0.15, 0.2) is 0 Å². The van der Waals surface area contributed by atoms with Crippen molar-refractivity contribution in [2.24, 2.45) is 0 Å². The van der Waals surface area contributed by atoms with E-state index in [0.29, 0.717) is 6.04 Å². The van der Waals surface area contributed by atoms with Crippen LogP contribution in [0.3, 0.4) is 0 Å². The van der Waals surface area contributed by atoms with Gasteiger partial charge in [0.05, 0.1) is 11.0 Å². The molecule has 1 aromatic heterocycles. The number of likely N-dealkylation sites (N-methyl/N-ethyl adjacent to an activating group) is 1. The molecular weight excluding hydrogens is 216 g/mol. The van der Waals surface area contributed by atoms with E-state index in [2.05, 4.69) is 23.3 Å². The lowest BCUT2D eigenvalue weighted by atomic mass is 10.0. The van der Waals surface area contributed by atoms with E-state index in [4.69, 9.17) is 0 Å². The summed E-state index contributed by atoms with van der Waals surface area (Å²) in [7, 11) is 2.05. The summed E-state index contributed by atoms with van der Waals surface area (Å²) in [4.78, 5) is 5.71. The highest BCUT2D eigenvalue weighted by atomic mass is 32.1. The van der Waals surface area contributed by atoms with E-state index in [-0.39, 0.29) is 0 Å². The van der Waals surface area contributed by atoms with Gasteiger partial charge < -0.3 is 5.32 Å². The molecule has 1 aliphatic rings. The van der Waals surface area contributed by atoms with Crippen molar-refractivity contribution in [1.29, 1.82) is 0 Å². The molecule has 88 valence electrons. The van der Waals surface area contributed by atoms with Crippen LogP contribution in [0.25, 0.3) is 0 Å². The van der Waals surface area contributed by atoms with Gasteiger partial charge in [-0.05, 0) is 39.7 Å². The minimum atomic E-state index is 0.393. The van der Waals surface area contributed by atoms with Crippen molar-refractivity contribution in [3.63, 3.8) is 0 Å². The highest BCUT2D eigenvalue weighted by Crippen LogP contribution is 2.31. The monoisotopic (exact) mass is 236 g/mol. The first kappa shape index (κ1) is 11.8. The first-order valence-electron chi connectivity index (χ1n) is 6.10. The van der Waals surface area contributed by atoms with Crippen LogP contribution in [0.5, 0.6) is 0 Å². The predicted molar refractivity (Wildman–Crippen MR) is 69.8 cm³/mol. The van der Waals surface area contributed by atoms with Crippen molar-refractivity contribution >= 4 is 11.3 Å². The Kier molecular flexibility index (Phi) is 4.13. The summed E-state index contributed by atoms with van der Waals surface area (Å²) in [6.45, 7) is 2.07. The van der Waals surface area contributed by atoms with Gasteiger partial charge in [0.2, 0.25) is 0 Å². The topological polar surface area (TPSA) is 24.9 Å². The first-order valence-corrected chi connectivity index (χ1v) is 6.91. The van der Waals surface area contributed by atoms with E-state index in [0.717, 1.165) is 5.01 Å². The van der Waals surface area contributed by atoms with Gasteiger partial charge in [-0.3, -0.25) is 0 Å². The molecule has 1 aromatic rings. The summed E-state index contributed by atoms with van der Waals surface area (Å²) in [5.74, 6) is 0. The Morgan fingerprint density at radius 3 is 2.94 bits per heavy atom. The second-order valence-electron chi connectivity index (χ2n) is 4.38. The van der Waals surface area contributed by atoms with Gasteiger partial charge in [-0.2, -0.15) is 0 Å². The van der Waals surface area contributed by atoms with Crippen molar-refractivity contribution < 1.29 is 0 Å². The lowest BCUT2D eigenvalue weighted by Gasteiger charge is -2.17. The molecule has 1 heterocycles. The fourth-order valence-electron chi connectivity index (χ4n) is 2.32. The highest BCUT2D eigenvalue weighted by Gasteiger charge is 2.17. The quantitative estimate of drug-likeness (QED) is 0.811. The minimum absolute atomic E-state index is 0.393. The summed E-state index contributed by atoms with van der Waals surface area (Å²) in [6.07, 6.45) is 11.0. The number of nitrogens with zero attached hydrogens (tertiary/aromatic N) is 1. The zero-order chi connectivity index (χ0) is 11.4. The third-order valence-corrected chi connectivity index (χ3v) is 4.14. The van der Waals surface area contributed by atoms with Crippen LogP contribution in [0.2, 0.25) is 0 Å². The second-order valence-corrected chi connectivity index (χ2v) is 5.65. The van der Waals surface area contributed by atoms with E-state index in [9.17, 15) is 0 Å². The largest absolute Gasteiger partial charge is 0.309 e. The number of hydrogen-bond acceptors (Lipinski definition) is 3. The molecule has 0 bridgehead atoms. The fourth-order valence-corrected chi connectivity index (χ4v) is 3.26. The number of rotatable bonds is 3. The fraction of sp³-hybridized carbons (Fsp3) is 0.615. The SMILES string of the molecule is CNC(C1=CCCCCC1)c1cnc(C)s1. The van der Waals surface area contributed by atoms with Gasteiger partial charge in [-0.25, -0.2) is 4.98 Å². The maximum Gasteiger partial charge on any atom is 0.0897 e. The van der Waals surface area contributed by atoms with E-state index in [1.807, 2.05) is 13.2 Å². The molecule has 0 fully saturated rings. The number of allylic oxidation sites excluding steroid dienone is 1. The molecule has 16 heavy (non-hydrogen) atoms. The lowest BCUT2D eigenvalue weighted by molar-refractivity contribution is 0.635. The molecule has 1 N–H and O–H groups in total. The number of aromatic nitrogens is 1. The van der Waals surface area contributed by atoms with Gasteiger partial charge >= 0.3 is 0 Å². The molecule has 0 saturated heterocycles. The van der Waals surface area contributed by atoms with E-state index in [1.54, 1.807) is 16.9 Å². The summed E-state index contributed by atoms with van der Waals surface area (Å²) < 4.78 is 0. The molecule has 0 spiro atoms. The van der Waals surface area contributed by atoms with Crippen molar-refractivity contribution in [3.05, 3.63) is 27.7 Å². The van der Waals surface area contributed by atoms with E-state index >= 15 is 0 Å². The summed E-state index contributed by atoms with van der Waals surface area (Å²) in [6, 6.07) is 0.393. The average molecular weight is 236 g/mol. The number of hydrogen-bond donors (Lipinski definition) is 1. The highest BCUT2D eigenvalue weighted by molar-refractivity contribution is 7.11. The predicted octanol–water partition coefficient (Wildman–Crippen LogP) is 3.60. The Labute approximate surface area is 102 Å². The number of aryl methyl sites for hydroxylation is 1. The van der Waals surface area contributed by atoms with Gasteiger partial charge in [-0.1, -0.05) is 18.1 Å². The molecule has 0 amide bonds. The van der Waals surface area contributed by atoms with Crippen LogP contribution < -0.4 is 5.32 Å². The molecule has 2 rings (SSSR count). The van der Waals surface area contributed by atoms with Crippen molar-refractivity contribution in [2.45, 2.75) is 45.1 Å². The van der Waals surface area contributed by atoms with Crippen LogP contribution in [0.1, 0.15) is 48.0 Å². The third-order valence-electron chi connectivity index (χ3n) is 3.16. The molecule has 0 aromatic carbocycles. The van der Waals surface area contributed by atoms with E-state index in [1.165, 1.54) is 37.0 Å². The van der Waals surface area contributed by atoms with Crippen LogP contribution in [0.4, 0.5) is 0 Å². The van der Waals surface area contributed by atoms with Gasteiger partial charge in [0.1, 0.15) is 0 Å². The Bertz CT molecular complexity index is 368. The Hall–Kier alpha value is -0.670. The van der Waals surface area contributed by atoms with Crippen molar-refractivity contribution in [2.75, 3.05) is 7.05 Å². The molecule has 0 saturated carbocycles. The molecule has 1 unspecified atom stereocenters. The van der Waals surface area contributed by atoms with Gasteiger partial charge in [0.25, 0.3) is 0 Å². The molecule has 0 aliphatic heterocycles. The maximum absolute atomic E-state index is 4.36. The lowest BCUT2D eigenvalue weighted by Crippen LogP contribution is -2.17. The third kappa shape index (κ3) is 2.71. The van der Waals surface area contributed by atoms with Crippen molar-refractivity contribution in [1.82, 2.24) is 10.3 Å². The molecular formula is C13H20N2S. The van der Waals surface area contributed by atoms with Gasteiger partial charge in [0, 0.05) is 11.1 Å². The van der Waals surface area contributed by atoms with Crippen LogP contribution in [0, 0.1) is 6.92 Å². The van der Waals surface area contributed by atoms with Crippen LogP contribution in [-0.2, 0) is 0 Å². The van der Waals surface area contributed by atoms with E-state index < -0.39 is 0 Å². The van der Waals surface area contributed by atoms with Crippen LogP contribution in [0.15, 0.2) is 17.8 Å². The molecule has 1 aliphatic carbocycles. The zero-order valence-corrected chi connectivity index (χ0v) is 10.9. The Morgan fingerprint density at radius 2 is 2.25 bits per heavy atom. The smallest absolute Gasteiger partial charge is 0.0897 e. The second kappa shape index (κ2) is 5.60. The summed E-state index contributed by atoms with van der Waals surface area (Å²) >= 11 is 1.81.